The molecule has 0 aromatic rings. The van der Waals surface area contributed by atoms with Crippen LogP contribution in [0.1, 0.15) is 6.92 Å². The van der Waals surface area contributed by atoms with Gasteiger partial charge in [0.25, 0.3) is 0 Å². The number of carbonyl (C=O) groups is 3. The zero-order valence-electron chi connectivity index (χ0n) is 9.90. The highest BCUT2D eigenvalue weighted by atomic mass is 32.2. The molecule has 2 heterocycles. The highest BCUT2D eigenvalue weighted by molar-refractivity contribution is 8.04. The number of fused-ring (bicyclic) bond motifs is 1. The average Bonchev–Trinajstić information content (AvgIpc) is 2.60. The lowest BCUT2D eigenvalue weighted by molar-refractivity contribution is -0.156. The first-order valence-electron chi connectivity index (χ1n) is 5.41. The second kappa shape index (κ2) is 4.74. The van der Waals surface area contributed by atoms with Gasteiger partial charge in [0.1, 0.15) is 17.7 Å². The van der Waals surface area contributed by atoms with Crippen LogP contribution in [0.2, 0.25) is 0 Å². The number of β-lactam (4-membered cyclic amide) rings is 1. The molecule has 1 unspecified atom stereocenters. The number of carbonyl (C=O) groups excluding carboxylic acids is 2. The predicted octanol–water partition coefficient (Wildman–Crippen LogP) is -0.710. The Balaban J connectivity index is 2.21. The van der Waals surface area contributed by atoms with Gasteiger partial charge in [-0.15, -0.1) is 0 Å². The molecule has 0 aromatic heterocycles. The summed E-state index contributed by atoms with van der Waals surface area (Å²) in [5.41, 5.74) is 4.61. The van der Waals surface area contributed by atoms with Gasteiger partial charge in [-0.1, -0.05) is 11.8 Å². The molecule has 19 heavy (non-hydrogen) atoms. The van der Waals surface area contributed by atoms with Crippen molar-refractivity contribution in [2.24, 2.45) is 11.7 Å². The van der Waals surface area contributed by atoms with Crippen molar-refractivity contribution in [1.29, 1.82) is 0 Å². The van der Waals surface area contributed by atoms with Crippen LogP contribution in [0.15, 0.2) is 10.6 Å². The Kier molecular flexibility index (Phi) is 3.42. The number of thioether (sulfide) groups is 1. The first-order valence-corrected chi connectivity index (χ1v) is 6.29. The van der Waals surface area contributed by atoms with Crippen molar-refractivity contribution in [2.45, 2.75) is 18.4 Å². The van der Waals surface area contributed by atoms with Crippen LogP contribution in [0.25, 0.3) is 0 Å². The van der Waals surface area contributed by atoms with E-state index in [0.29, 0.717) is 0 Å². The molecule has 9 heteroatoms. The summed E-state index contributed by atoms with van der Waals surface area (Å²) in [4.78, 5) is 34.9. The first-order chi connectivity index (χ1) is 8.84. The minimum Gasteiger partial charge on any atom is -0.477 e. The normalized spacial score (nSPS) is 26.8. The third-order valence-corrected chi connectivity index (χ3v) is 4.26. The summed E-state index contributed by atoms with van der Waals surface area (Å²) >= 11 is 1.09. The zero-order chi connectivity index (χ0) is 14.3. The number of hydrogen-bond acceptors (Lipinski definition) is 6. The molecule has 104 valence electrons. The highest BCUT2D eigenvalue weighted by Gasteiger charge is 2.57. The van der Waals surface area contributed by atoms with E-state index in [9.17, 15) is 19.5 Å². The molecule has 8 nitrogen and oxygen atoms in total. The standard InChI is InChI=1S/C10H12N2O6S/c1-3(13)5-7(14)12-6(9(15)16)4(19-8(5)12)2-18-10(11)17/h3,5,8,13H,2H2,1H3,(H2,11,17)(H,15,16)/t3?,5-,8+/m0/s1. The topological polar surface area (TPSA) is 130 Å². The third kappa shape index (κ3) is 2.15. The van der Waals surface area contributed by atoms with Crippen molar-refractivity contribution in [3.05, 3.63) is 10.6 Å². The molecule has 2 aliphatic heterocycles. The van der Waals surface area contributed by atoms with Gasteiger partial charge in [-0.3, -0.25) is 9.69 Å². The van der Waals surface area contributed by atoms with Crippen molar-refractivity contribution in [3.8, 4) is 0 Å². The van der Waals surface area contributed by atoms with Crippen LogP contribution in [0.3, 0.4) is 0 Å². The van der Waals surface area contributed by atoms with Crippen LogP contribution in [-0.2, 0) is 14.3 Å². The fraction of sp³-hybridized carbons (Fsp3) is 0.500. The lowest BCUT2D eigenvalue weighted by Crippen LogP contribution is -2.60. The fourth-order valence-electron chi connectivity index (χ4n) is 2.09. The van der Waals surface area contributed by atoms with E-state index in [1.165, 1.54) is 6.92 Å². The van der Waals surface area contributed by atoms with E-state index in [2.05, 4.69) is 4.74 Å². The molecule has 0 aliphatic carbocycles. The number of nitrogens with two attached hydrogens (primary N) is 1. The van der Waals surface area contributed by atoms with Crippen LogP contribution in [0, 0.1) is 5.92 Å². The van der Waals surface area contributed by atoms with Crippen LogP contribution in [0.5, 0.6) is 0 Å². The maximum Gasteiger partial charge on any atom is 0.404 e. The van der Waals surface area contributed by atoms with Gasteiger partial charge in [-0.05, 0) is 6.92 Å². The molecule has 0 aromatic carbocycles. The smallest absolute Gasteiger partial charge is 0.404 e. The number of aliphatic hydroxyl groups is 1. The van der Waals surface area contributed by atoms with Crippen molar-refractivity contribution in [2.75, 3.05) is 6.61 Å². The Morgan fingerprint density at radius 3 is 2.68 bits per heavy atom. The molecular weight excluding hydrogens is 276 g/mol. The molecule has 2 amide bonds. The van der Waals surface area contributed by atoms with E-state index in [4.69, 9.17) is 10.8 Å². The molecule has 0 saturated carbocycles. The third-order valence-electron chi connectivity index (χ3n) is 2.92. The molecule has 3 atom stereocenters. The summed E-state index contributed by atoms with van der Waals surface area (Å²) in [6.07, 6.45) is -1.89. The number of hydrogen-bond donors (Lipinski definition) is 3. The maximum absolute atomic E-state index is 11.8. The number of aliphatic hydroxyl groups excluding tert-OH is 1. The average molecular weight is 288 g/mol. The lowest BCUT2D eigenvalue weighted by Gasteiger charge is -2.43. The zero-order valence-corrected chi connectivity index (χ0v) is 10.7. The lowest BCUT2D eigenvalue weighted by atomic mass is 9.92. The molecule has 0 bridgehead atoms. The highest BCUT2D eigenvalue weighted by Crippen LogP contribution is 2.50. The van der Waals surface area contributed by atoms with Crippen molar-refractivity contribution >= 4 is 29.7 Å². The van der Waals surface area contributed by atoms with Crippen LogP contribution in [-0.4, -0.2) is 51.2 Å². The SMILES string of the molecule is CC(O)[C@H]1C(=O)N2C(C(=O)O)=C(COC(N)=O)S[C@H]12. The Labute approximate surface area is 112 Å². The summed E-state index contributed by atoms with van der Waals surface area (Å²) < 4.78 is 4.56. The maximum atomic E-state index is 11.8. The molecule has 1 fully saturated rings. The van der Waals surface area contributed by atoms with Crippen LogP contribution in [0.4, 0.5) is 4.79 Å². The van der Waals surface area contributed by atoms with Gasteiger partial charge in [-0.25, -0.2) is 9.59 Å². The van der Waals surface area contributed by atoms with Crippen molar-refractivity contribution in [3.63, 3.8) is 0 Å². The van der Waals surface area contributed by atoms with Gasteiger partial charge in [0.2, 0.25) is 5.91 Å². The minimum absolute atomic E-state index is 0.210. The van der Waals surface area contributed by atoms with Gasteiger partial charge in [0.05, 0.1) is 16.9 Å². The number of amides is 2. The molecule has 1 saturated heterocycles. The number of primary amides is 1. The summed E-state index contributed by atoms with van der Waals surface area (Å²) in [5, 5.41) is 18.1. The summed E-state index contributed by atoms with van der Waals surface area (Å²) in [5.74, 6) is -2.38. The number of nitrogens with zero attached hydrogens (tertiary/aromatic N) is 1. The van der Waals surface area contributed by atoms with Gasteiger partial charge >= 0.3 is 12.1 Å². The van der Waals surface area contributed by atoms with Crippen molar-refractivity contribution in [1.82, 2.24) is 4.90 Å². The first kappa shape index (κ1) is 13.7. The number of carboxylic acid groups (broad SMARTS) is 1. The number of ether oxygens (including phenoxy) is 1. The Bertz CT molecular complexity index is 488. The monoisotopic (exact) mass is 288 g/mol. The molecule has 2 rings (SSSR count). The summed E-state index contributed by atoms with van der Waals surface area (Å²) in [6, 6.07) is 0. The predicted molar refractivity (Wildman–Crippen MR) is 63.6 cm³/mol. The van der Waals surface area contributed by atoms with Crippen molar-refractivity contribution < 1.29 is 29.3 Å². The van der Waals surface area contributed by atoms with E-state index in [-0.39, 0.29) is 17.2 Å². The Morgan fingerprint density at radius 1 is 1.58 bits per heavy atom. The molecule has 0 radical (unpaired) electrons. The van der Waals surface area contributed by atoms with E-state index in [1.807, 2.05) is 0 Å². The van der Waals surface area contributed by atoms with E-state index >= 15 is 0 Å². The second-order valence-corrected chi connectivity index (χ2v) is 5.38. The van der Waals surface area contributed by atoms with Crippen LogP contribution < -0.4 is 5.73 Å². The van der Waals surface area contributed by atoms with E-state index < -0.39 is 35.4 Å². The van der Waals surface area contributed by atoms with Gasteiger partial charge in [0.15, 0.2) is 0 Å². The Morgan fingerprint density at radius 2 is 2.21 bits per heavy atom. The minimum atomic E-state index is -1.28. The van der Waals surface area contributed by atoms with Gasteiger partial charge in [-0.2, -0.15) is 0 Å². The van der Waals surface area contributed by atoms with Gasteiger partial charge in [0, 0.05) is 0 Å². The number of aliphatic carboxylic acids is 1. The molecule has 2 aliphatic rings. The fourth-order valence-corrected chi connectivity index (χ4v) is 3.61. The van der Waals surface area contributed by atoms with E-state index in [1.54, 1.807) is 0 Å². The number of rotatable bonds is 4. The van der Waals surface area contributed by atoms with Gasteiger partial charge < -0.3 is 20.7 Å². The molecular formula is C10H12N2O6S. The number of carboxylic acids is 1. The van der Waals surface area contributed by atoms with Crippen LogP contribution >= 0.6 is 11.8 Å². The molecule has 0 spiro atoms. The quantitative estimate of drug-likeness (QED) is 0.582. The Hall–Kier alpha value is -1.74. The second-order valence-electron chi connectivity index (χ2n) is 4.17. The summed E-state index contributed by atoms with van der Waals surface area (Å²) in [6.45, 7) is 1.17. The summed E-state index contributed by atoms with van der Waals surface area (Å²) in [7, 11) is 0. The van der Waals surface area contributed by atoms with E-state index in [0.717, 1.165) is 16.7 Å². The molecule has 4 N–H and O–H groups in total. The largest absolute Gasteiger partial charge is 0.477 e.